The maximum atomic E-state index is 6.36. The highest BCUT2D eigenvalue weighted by atomic mass is 16.5. The van der Waals surface area contributed by atoms with E-state index in [9.17, 15) is 0 Å². The molecule has 1 aliphatic rings. The van der Waals surface area contributed by atoms with E-state index in [-0.39, 0.29) is 6.04 Å². The van der Waals surface area contributed by atoms with E-state index in [4.69, 9.17) is 10.5 Å². The summed E-state index contributed by atoms with van der Waals surface area (Å²) in [4.78, 5) is 2.52. The summed E-state index contributed by atoms with van der Waals surface area (Å²) in [5, 5.41) is 0. The topological polar surface area (TPSA) is 38.5 Å². The van der Waals surface area contributed by atoms with Gasteiger partial charge in [0.05, 0.1) is 6.61 Å². The van der Waals surface area contributed by atoms with Gasteiger partial charge >= 0.3 is 0 Å². The first kappa shape index (κ1) is 16.3. The summed E-state index contributed by atoms with van der Waals surface area (Å²) in [6.45, 7) is 8.56. The maximum Gasteiger partial charge on any atom is 0.119 e. The summed E-state index contributed by atoms with van der Waals surface area (Å²) in [6.07, 6.45) is 5.03. The van der Waals surface area contributed by atoms with Crippen molar-refractivity contribution in [2.75, 3.05) is 26.2 Å². The lowest BCUT2D eigenvalue weighted by Crippen LogP contribution is -2.30. The summed E-state index contributed by atoms with van der Waals surface area (Å²) in [7, 11) is 0. The van der Waals surface area contributed by atoms with Crippen molar-refractivity contribution in [2.45, 2.75) is 45.6 Å². The molecular weight excluding hydrogens is 260 g/mol. The van der Waals surface area contributed by atoms with E-state index in [1.54, 1.807) is 0 Å². The van der Waals surface area contributed by atoms with Crippen molar-refractivity contribution in [3.8, 4) is 5.75 Å². The highest BCUT2D eigenvalue weighted by Crippen LogP contribution is 2.23. The van der Waals surface area contributed by atoms with Gasteiger partial charge in [0.25, 0.3) is 0 Å². The van der Waals surface area contributed by atoms with Gasteiger partial charge in [-0.3, -0.25) is 0 Å². The van der Waals surface area contributed by atoms with Gasteiger partial charge in [0.15, 0.2) is 0 Å². The molecule has 0 spiro atoms. The maximum absolute atomic E-state index is 6.36. The molecule has 2 rings (SSSR count). The molecule has 1 aromatic carbocycles. The van der Waals surface area contributed by atoms with Crippen LogP contribution in [0.4, 0.5) is 0 Å². The zero-order valence-corrected chi connectivity index (χ0v) is 13.6. The van der Waals surface area contributed by atoms with Crippen LogP contribution in [0.15, 0.2) is 24.3 Å². The second-order valence-corrected chi connectivity index (χ2v) is 6.23. The molecule has 1 aromatic rings. The molecule has 0 bridgehead atoms. The Kier molecular flexibility index (Phi) is 6.52. The largest absolute Gasteiger partial charge is 0.494 e. The molecule has 2 atom stereocenters. The zero-order chi connectivity index (χ0) is 15.1. The minimum absolute atomic E-state index is 0.102. The quantitative estimate of drug-likeness (QED) is 0.795. The van der Waals surface area contributed by atoms with E-state index < -0.39 is 0 Å². The van der Waals surface area contributed by atoms with Crippen LogP contribution in [0.2, 0.25) is 0 Å². The van der Waals surface area contributed by atoms with E-state index in [0.29, 0.717) is 0 Å². The van der Waals surface area contributed by atoms with Crippen LogP contribution in [0.5, 0.6) is 5.75 Å². The predicted molar refractivity (Wildman–Crippen MR) is 88.6 cm³/mol. The van der Waals surface area contributed by atoms with Crippen molar-refractivity contribution in [3.05, 3.63) is 29.8 Å². The van der Waals surface area contributed by atoms with Crippen molar-refractivity contribution < 1.29 is 4.74 Å². The summed E-state index contributed by atoms with van der Waals surface area (Å²) in [6, 6.07) is 8.39. The van der Waals surface area contributed by atoms with Gasteiger partial charge in [-0.2, -0.15) is 0 Å². The van der Waals surface area contributed by atoms with E-state index in [2.05, 4.69) is 30.9 Å². The molecule has 1 aliphatic heterocycles. The lowest BCUT2D eigenvalue weighted by Gasteiger charge is -2.21. The molecule has 0 saturated carbocycles. The van der Waals surface area contributed by atoms with E-state index in [1.165, 1.54) is 37.9 Å². The fourth-order valence-electron chi connectivity index (χ4n) is 3.14. The number of rotatable bonds is 8. The molecule has 118 valence electrons. The third-order valence-corrected chi connectivity index (χ3v) is 4.30. The number of hydrogen-bond donors (Lipinski definition) is 1. The minimum Gasteiger partial charge on any atom is -0.494 e. The minimum atomic E-state index is 0.102. The second-order valence-electron chi connectivity index (χ2n) is 6.23. The molecule has 3 heteroatoms. The average molecular weight is 290 g/mol. The lowest BCUT2D eigenvalue weighted by atomic mass is 10.0. The molecule has 0 aromatic heterocycles. The van der Waals surface area contributed by atoms with Gasteiger partial charge in [-0.05, 0) is 49.4 Å². The Morgan fingerprint density at radius 2 is 2.00 bits per heavy atom. The SMILES string of the molecule is CCCOc1ccc(C(N)CN2CCC(CCC)C2)cc1. The van der Waals surface area contributed by atoms with E-state index in [1.807, 2.05) is 12.1 Å². The van der Waals surface area contributed by atoms with Crippen LogP contribution < -0.4 is 10.5 Å². The van der Waals surface area contributed by atoms with Crippen LogP contribution in [-0.4, -0.2) is 31.1 Å². The van der Waals surface area contributed by atoms with Crippen LogP contribution in [-0.2, 0) is 0 Å². The molecule has 2 unspecified atom stereocenters. The Balaban J connectivity index is 1.81. The first-order valence-corrected chi connectivity index (χ1v) is 8.43. The molecular formula is C18H30N2O. The Morgan fingerprint density at radius 1 is 1.24 bits per heavy atom. The van der Waals surface area contributed by atoms with Gasteiger partial charge < -0.3 is 15.4 Å². The summed E-state index contributed by atoms with van der Waals surface area (Å²) < 4.78 is 5.61. The summed E-state index contributed by atoms with van der Waals surface area (Å²) in [5.74, 6) is 1.82. The normalized spacial score (nSPS) is 20.6. The van der Waals surface area contributed by atoms with Crippen LogP contribution in [0.25, 0.3) is 0 Å². The first-order valence-electron chi connectivity index (χ1n) is 8.43. The first-order chi connectivity index (χ1) is 10.2. The molecule has 1 heterocycles. The average Bonchev–Trinajstić information content (AvgIpc) is 2.93. The molecule has 3 nitrogen and oxygen atoms in total. The third-order valence-electron chi connectivity index (χ3n) is 4.30. The molecule has 0 amide bonds. The van der Waals surface area contributed by atoms with Crippen molar-refractivity contribution in [3.63, 3.8) is 0 Å². The molecule has 1 saturated heterocycles. The predicted octanol–water partition coefficient (Wildman–Crippen LogP) is 3.60. The molecule has 21 heavy (non-hydrogen) atoms. The van der Waals surface area contributed by atoms with E-state index >= 15 is 0 Å². The Labute approximate surface area is 129 Å². The molecule has 0 aliphatic carbocycles. The van der Waals surface area contributed by atoms with Crippen molar-refractivity contribution in [1.29, 1.82) is 0 Å². The third kappa shape index (κ3) is 5.01. The Hall–Kier alpha value is -1.06. The highest BCUT2D eigenvalue weighted by Gasteiger charge is 2.23. The second kappa shape index (κ2) is 8.40. The van der Waals surface area contributed by atoms with Crippen molar-refractivity contribution in [1.82, 2.24) is 4.90 Å². The van der Waals surface area contributed by atoms with Crippen LogP contribution in [0.3, 0.4) is 0 Å². The van der Waals surface area contributed by atoms with Gasteiger partial charge in [-0.1, -0.05) is 32.4 Å². The molecule has 1 fully saturated rings. The Morgan fingerprint density at radius 3 is 2.67 bits per heavy atom. The van der Waals surface area contributed by atoms with Gasteiger partial charge in [-0.15, -0.1) is 0 Å². The monoisotopic (exact) mass is 290 g/mol. The summed E-state index contributed by atoms with van der Waals surface area (Å²) >= 11 is 0. The fraction of sp³-hybridized carbons (Fsp3) is 0.667. The number of nitrogens with zero attached hydrogens (tertiary/aromatic N) is 1. The van der Waals surface area contributed by atoms with Gasteiger partial charge in [0, 0.05) is 19.1 Å². The number of ether oxygens (including phenoxy) is 1. The fourth-order valence-corrected chi connectivity index (χ4v) is 3.14. The lowest BCUT2D eigenvalue weighted by molar-refractivity contribution is 0.300. The highest BCUT2D eigenvalue weighted by molar-refractivity contribution is 5.29. The zero-order valence-electron chi connectivity index (χ0n) is 13.6. The van der Waals surface area contributed by atoms with Gasteiger partial charge in [0.1, 0.15) is 5.75 Å². The van der Waals surface area contributed by atoms with E-state index in [0.717, 1.165) is 31.2 Å². The number of likely N-dealkylation sites (tertiary alicyclic amines) is 1. The Bertz CT molecular complexity index is 404. The van der Waals surface area contributed by atoms with Crippen molar-refractivity contribution in [2.24, 2.45) is 11.7 Å². The van der Waals surface area contributed by atoms with Crippen LogP contribution >= 0.6 is 0 Å². The standard InChI is InChI=1S/C18H30N2O/c1-3-5-15-10-11-20(13-15)14-18(19)16-6-8-17(9-7-16)21-12-4-2/h6-9,15,18H,3-5,10-14,19H2,1-2H3. The number of nitrogens with two attached hydrogens (primary N) is 1. The molecule has 0 radical (unpaired) electrons. The van der Waals surface area contributed by atoms with Crippen LogP contribution in [0, 0.1) is 5.92 Å². The summed E-state index contributed by atoms with van der Waals surface area (Å²) in [5.41, 5.74) is 7.57. The van der Waals surface area contributed by atoms with Gasteiger partial charge in [-0.25, -0.2) is 0 Å². The number of benzene rings is 1. The van der Waals surface area contributed by atoms with Crippen LogP contribution in [0.1, 0.15) is 51.1 Å². The number of hydrogen-bond acceptors (Lipinski definition) is 3. The van der Waals surface area contributed by atoms with Crippen molar-refractivity contribution >= 4 is 0 Å². The smallest absolute Gasteiger partial charge is 0.119 e. The molecule has 2 N–H and O–H groups in total. The van der Waals surface area contributed by atoms with Gasteiger partial charge in [0.2, 0.25) is 0 Å².